The zero-order chi connectivity index (χ0) is 9.76. The predicted molar refractivity (Wildman–Crippen MR) is 54.4 cm³/mol. The molecule has 1 heteroatoms. The molecule has 0 aromatic heterocycles. The molecule has 0 heterocycles. The average Bonchev–Trinajstić information content (AvgIpc) is 2.14. The Bertz CT molecular complexity index is 285. The molecule has 1 nitrogen and oxygen atoms in total. The largest absolute Gasteiger partial charge is 0.284 e. The maximum atomic E-state index is 11.8. The Labute approximate surface area is 85.3 Å². The van der Waals surface area contributed by atoms with Crippen molar-refractivity contribution in [2.24, 2.45) is 23.2 Å². The molecule has 0 spiro atoms. The van der Waals surface area contributed by atoms with Gasteiger partial charge >= 0.3 is 0 Å². The molecule has 0 saturated heterocycles. The van der Waals surface area contributed by atoms with Crippen LogP contribution >= 0.6 is 0 Å². The summed E-state index contributed by atoms with van der Waals surface area (Å²) in [6.45, 7) is 0. The number of carbonyl (C=O) groups excluding carboxylic acids is 1. The number of ketones is 1. The highest BCUT2D eigenvalue weighted by Crippen LogP contribution is 2.60. The van der Waals surface area contributed by atoms with E-state index < -0.39 is 0 Å². The number of terminal acetylenes is 1. The van der Waals surface area contributed by atoms with Gasteiger partial charge in [0.2, 0.25) is 5.78 Å². The summed E-state index contributed by atoms with van der Waals surface area (Å²) in [5.74, 6) is 4.95. The topological polar surface area (TPSA) is 17.1 Å². The lowest BCUT2D eigenvalue weighted by Crippen LogP contribution is -2.49. The van der Waals surface area contributed by atoms with E-state index in [1.807, 2.05) is 0 Å². The normalized spacial score (nSPS) is 48.9. The molecule has 0 aliphatic heterocycles. The lowest BCUT2D eigenvalue weighted by molar-refractivity contribution is -0.137. The third-order valence-corrected chi connectivity index (χ3v) is 4.65. The zero-order valence-electron chi connectivity index (χ0n) is 8.46. The number of Topliss-reactive ketones (excluding diaryl/α,β-unsaturated/α-hetero) is 1. The average molecular weight is 188 g/mol. The van der Waals surface area contributed by atoms with Crippen LogP contribution in [-0.2, 0) is 4.79 Å². The van der Waals surface area contributed by atoms with E-state index in [0.717, 1.165) is 37.0 Å². The van der Waals surface area contributed by atoms with Gasteiger partial charge in [0.05, 0.1) is 0 Å². The standard InChI is InChI=1S/C13H16O/c1-2-12(14)13-6-9-3-10(7-13)5-11(4-9)8-13/h1,9-11H,3-8H2. The van der Waals surface area contributed by atoms with Gasteiger partial charge in [-0.15, -0.1) is 6.42 Å². The molecule has 4 bridgehead atoms. The van der Waals surface area contributed by atoms with Gasteiger partial charge in [-0.1, -0.05) is 0 Å². The molecule has 0 N–H and O–H groups in total. The first-order valence-corrected chi connectivity index (χ1v) is 5.73. The van der Waals surface area contributed by atoms with E-state index in [4.69, 9.17) is 6.42 Å². The molecule has 0 radical (unpaired) electrons. The summed E-state index contributed by atoms with van der Waals surface area (Å²) in [4.78, 5) is 11.8. The molecular formula is C13H16O. The van der Waals surface area contributed by atoms with Crippen LogP contribution in [0.2, 0.25) is 0 Å². The molecule has 4 rings (SSSR count). The molecule has 4 fully saturated rings. The van der Waals surface area contributed by atoms with Crippen LogP contribution in [-0.4, -0.2) is 5.78 Å². The van der Waals surface area contributed by atoms with Gasteiger partial charge in [0.25, 0.3) is 0 Å². The highest BCUT2D eigenvalue weighted by molar-refractivity contribution is 5.99. The van der Waals surface area contributed by atoms with Gasteiger partial charge in [-0.05, 0) is 62.2 Å². The second-order valence-corrected chi connectivity index (χ2v) is 5.67. The lowest BCUT2D eigenvalue weighted by Gasteiger charge is -2.55. The Morgan fingerprint density at radius 2 is 1.50 bits per heavy atom. The monoisotopic (exact) mass is 188 g/mol. The highest BCUT2D eigenvalue weighted by Gasteiger charge is 2.53. The van der Waals surface area contributed by atoms with Gasteiger partial charge in [-0.25, -0.2) is 0 Å². The van der Waals surface area contributed by atoms with Crippen LogP contribution in [0.1, 0.15) is 38.5 Å². The summed E-state index contributed by atoms with van der Waals surface area (Å²) in [6.07, 6.45) is 12.7. The van der Waals surface area contributed by atoms with Crippen LogP contribution in [0, 0.1) is 35.5 Å². The first-order chi connectivity index (χ1) is 6.72. The molecule has 0 aromatic rings. The number of hydrogen-bond donors (Lipinski definition) is 0. The molecule has 0 amide bonds. The van der Waals surface area contributed by atoms with Crippen LogP contribution in [0.15, 0.2) is 0 Å². The van der Waals surface area contributed by atoms with Crippen LogP contribution < -0.4 is 0 Å². The van der Waals surface area contributed by atoms with Crippen molar-refractivity contribution in [1.29, 1.82) is 0 Å². The van der Waals surface area contributed by atoms with Gasteiger partial charge in [0.1, 0.15) is 0 Å². The summed E-state index contributed by atoms with van der Waals surface area (Å²) >= 11 is 0. The fourth-order valence-electron chi connectivity index (χ4n) is 4.54. The number of hydrogen-bond acceptors (Lipinski definition) is 1. The predicted octanol–water partition coefficient (Wildman–Crippen LogP) is 2.41. The van der Waals surface area contributed by atoms with E-state index >= 15 is 0 Å². The molecule has 0 aromatic carbocycles. The Kier molecular flexibility index (Phi) is 1.60. The molecule has 4 saturated carbocycles. The minimum atomic E-state index is -0.0660. The molecular weight excluding hydrogens is 172 g/mol. The van der Waals surface area contributed by atoms with Crippen LogP contribution in [0.5, 0.6) is 0 Å². The van der Waals surface area contributed by atoms with E-state index in [-0.39, 0.29) is 11.2 Å². The molecule has 0 atom stereocenters. The Morgan fingerprint density at radius 3 is 1.86 bits per heavy atom. The molecule has 4 aliphatic rings. The second kappa shape index (κ2) is 2.63. The van der Waals surface area contributed by atoms with Gasteiger partial charge in [-0.3, -0.25) is 4.79 Å². The molecule has 4 aliphatic carbocycles. The maximum Gasteiger partial charge on any atom is 0.211 e. The Morgan fingerprint density at radius 1 is 1.07 bits per heavy atom. The highest BCUT2D eigenvalue weighted by atomic mass is 16.1. The minimum Gasteiger partial charge on any atom is -0.284 e. The summed E-state index contributed by atoms with van der Waals surface area (Å²) < 4.78 is 0. The van der Waals surface area contributed by atoms with Crippen molar-refractivity contribution in [3.63, 3.8) is 0 Å². The first kappa shape index (κ1) is 8.53. The van der Waals surface area contributed by atoms with Crippen LogP contribution in [0.25, 0.3) is 0 Å². The Hall–Kier alpha value is -0.770. The fraction of sp³-hybridized carbons (Fsp3) is 0.769. The zero-order valence-corrected chi connectivity index (χ0v) is 8.46. The van der Waals surface area contributed by atoms with Crippen molar-refractivity contribution in [3.05, 3.63) is 0 Å². The van der Waals surface area contributed by atoms with Gasteiger partial charge in [0, 0.05) is 5.41 Å². The van der Waals surface area contributed by atoms with Crippen molar-refractivity contribution >= 4 is 5.78 Å². The van der Waals surface area contributed by atoms with E-state index in [1.165, 1.54) is 19.3 Å². The number of carbonyl (C=O) groups is 1. The van der Waals surface area contributed by atoms with Crippen molar-refractivity contribution in [3.8, 4) is 12.3 Å². The first-order valence-electron chi connectivity index (χ1n) is 5.73. The summed E-state index contributed by atoms with van der Waals surface area (Å²) in [7, 11) is 0. The van der Waals surface area contributed by atoms with Gasteiger partial charge in [0.15, 0.2) is 0 Å². The van der Waals surface area contributed by atoms with E-state index in [0.29, 0.717) is 0 Å². The second-order valence-electron chi connectivity index (χ2n) is 5.67. The summed E-state index contributed by atoms with van der Waals surface area (Å²) in [6, 6.07) is 0. The van der Waals surface area contributed by atoms with Crippen molar-refractivity contribution < 1.29 is 4.79 Å². The quantitative estimate of drug-likeness (QED) is 0.456. The van der Waals surface area contributed by atoms with Crippen molar-refractivity contribution in [2.45, 2.75) is 38.5 Å². The molecule has 74 valence electrons. The van der Waals surface area contributed by atoms with E-state index in [2.05, 4.69) is 5.92 Å². The van der Waals surface area contributed by atoms with E-state index in [1.54, 1.807) is 0 Å². The summed E-state index contributed by atoms with van der Waals surface area (Å²) in [5.41, 5.74) is -0.0660. The van der Waals surface area contributed by atoms with Gasteiger partial charge < -0.3 is 0 Å². The minimum absolute atomic E-state index is 0.0660. The lowest BCUT2D eigenvalue weighted by atomic mass is 9.48. The van der Waals surface area contributed by atoms with Crippen molar-refractivity contribution in [1.82, 2.24) is 0 Å². The third-order valence-electron chi connectivity index (χ3n) is 4.65. The molecule has 0 unspecified atom stereocenters. The van der Waals surface area contributed by atoms with Crippen molar-refractivity contribution in [2.75, 3.05) is 0 Å². The van der Waals surface area contributed by atoms with Crippen LogP contribution in [0.3, 0.4) is 0 Å². The van der Waals surface area contributed by atoms with Gasteiger partial charge in [-0.2, -0.15) is 0 Å². The smallest absolute Gasteiger partial charge is 0.211 e. The maximum absolute atomic E-state index is 11.8. The fourth-order valence-corrected chi connectivity index (χ4v) is 4.54. The number of rotatable bonds is 1. The van der Waals surface area contributed by atoms with Crippen LogP contribution in [0.4, 0.5) is 0 Å². The third kappa shape index (κ3) is 1.00. The summed E-state index contributed by atoms with van der Waals surface area (Å²) in [5, 5.41) is 0. The molecule has 14 heavy (non-hydrogen) atoms. The van der Waals surface area contributed by atoms with E-state index in [9.17, 15) is 4.79 Å². The SMILES string of the molecule is C#CC(=O)C12CC3CC(CC(C3)C1)C2. The Balaban J connectivity index is 1.95.